The predicted octanol–water partition coefficient (Wildman–Crippen LogP) is 2.18. The molecule has 0 aliphatic carbocycles. The Morgan fingerprint density at radius 1 is 1.47 bits per heavy atom. The Labute approximate surface area is 115 Å². The van der Waals surface area contributed by atoms with Crippen LogP contribution in [0.5, 0.6) is 0 Å². The number of hydrogen-bond donors (Lipinski definition) is 0. The first-order chi connectivity index (χ1) is 8.16. The molecule has 1 saturated heterocycles. The maximum atomic E-state index is 11.8. The average Bonchev–Trinajstić information content (AvgIpc) is 2.82. The Morgan fingerprint density at radius 2 is 2.18 bits per heavy atom. The third-order valence-corrected chi connectivity index (χ3v) is 4.24. The van der Waals surface area contributed by atoms with E-state index < -0.39 is 0 Å². The Hall–Kier alpha value is -0.390. The summed E-state index contributed by atoms with van der Waals surface area (Å²) < 4.78 is 0. The van der Waals surface area contributed by atoms with Gasteiger partial charge in [0.2, 0.25) is 5.91 Å². The minimum atomic E-state index is -0.0636. The summed E-state index contributed by atoms with van der Waals surface area (Å²) in [7, 11) is 0. The lowest BCUT2D eigenvalue weighted by molar-refractivity contribution is -0.131. The quantitative estimate of drug-likeness (QED) is 0.798. The number of halogens is 1. The predicted molar refractivity (Wildman–Crippen MR) is 74.6 cm³/mol. The molecule has 0 saturated carbocycles. The number of amides is 1. The Balaban J connectivity index is 1.80. The van der Waals surface area contributed by atoms with Gasteiger partial charge >= 0.3 is 0 Å². The number of carbonyl (C=O) groups is 1. The summed E-state index contributed by atoms with van der Waals surface area (Å²) in [5, 5.41) is 2.11. The Kier molecular flexibility index (Phi) is 4.59. The minimum absolute atomic E-state index is 0.0636. The summed E-state index contributed by atoms with van der Waals surface area (Å²) in [6.07, 6.45) is 0. The van der Waals surface area contributed by atoms with Crippen LogP contribution in [0, 0.1) is 0 Å². The molecule has 5 heteroatoms. The summed E-state index contributed by atoms with van der Waals surface area (Å²) in [5.74, 6) is 0.209. The molecule has 1 aliphatic rings. The Morgan fingerprint density at radius 3 is 2.71 bits per heavy atom. The molecule has 17 heavy (non-hydrogen) atoms. The van der Waals surface area contributed by atoms with Gasteiger partial charge in [0.05, 0.1) is 4.83 Å². The average molecular weight is 317 g/mol. The van der Waals surface area contributed by atoms with Crippen LogP contribution in [0.2, 0.25) is 0 Å². The number of carbonyl (C=O) groups excluding carboxylic acids is 1. The van der Waals surface area contributed by atoms with E-state index in [0.29, 0.717) is 0 Å². The van der Waals surface area contributed by atoms with E-state index in [1.165, 1.54) is 4.88 Å². The molecule has 3 nitrogen and oxygen atoms in total. The summed E-state index contributed by atoms with van der Waals surface area (Å²) >= 11 is 5.13. The highest BCUT2D eigenvalue weighted by atomic mass is 79.9. The number of hydrogen-bond acceptors (Lipinski definition) is 3. The van der Waals surface area contributed by atoms with Crippen LogP contribution < -0.4 is 0 Å². The number of nitrogens with zero attached hydrogens (tertiary/aromatic N) is 2. The topological polar surface area (TPSA) is 23.6 Å². The second kappa shape index (κ2) is 5.98. The molecular formula is C12H17BrN2OS. The van der Waals surface area contributed by atoms with Crippen molar-refractivity contribution < 1.29 is 4.79 Å². The zero-order valence-corrected chi connectivity index (χ0v) is 12.3. The van der Waals surface area contributed by atoms with E-state index in [2.05, 4.69) is 38.3 Å². The van der Waals surface area contributed by atoms with E-state index >= 15 is 0 Å². The highest BCUT2D eigenvalue weighted by molar-refractivity contribution is 9.10. The van der Waals surface area contributed by atoms with Crippen molar-refractivity contribution in [3.8, 4) is 0 Å². The molecule has 0 aromatic carbocycles. The molecule has 0 radical (unpaired) electrons. The van der Waals surface area contributed by atoms with Gasteiger partial charge in [0, 0.05) is 37.6 Å². The van der Waals surface area contributed by atoms with Gasteiger partial charge in [0.15, 0.2) is 0 Å². The summed E-state index contributed by atoms with van der Waals surface area (Å²) in [6.45, 7) is 6.55. The molecule has 0 bridgehead atoms. The molecule has 0 N–H and O–H groups in total. The number of thiophene rings is 1. The molecule has 1 amide bonds. The lowest BCUT2D eigenvalue weighted by Crippen LogP contribution is -2.49. The van der Waals surface area contributed by atoms with Crippen molar-refractivity contribution in [2.45, 2.75) is 18.3 Å². The molecule has 1 aromatic rings. The van der Waals surface area contributed by atoms with Crippen LogP contribution in [0.3, 0.4) is 0 Å². The van der Waals surface area contributed by atoms with E-state index in [9.17, 15) is 4.79 Å². The van der Waals surface area contributed by atoms with Crippen molar-refractivity contribution in [2.75, 3.05) is 26.2 Å². The minimum Gasteiger partial charge on any atom is -0.339 e. The molecule has 1 unspecified atom stereocenters. The second-order valence-electron chi connectivity index (χ2n) is 4.30. The van der Waals surface area contributed by atoms with Gasteiger partial charge in [0.25, 0.3) is 0 Å². The number of alkyl halides is 1. The lowest BCUT2D eigenvalue weighted by atomic mass is 10.2. The van der Waals surface area contributed by atoms with E-state index in [4.69, 9.17) is 0 Å². The SMILES string of the molecule is CC(Br)C(=O)N1CCN(Cc2cccs2)CC1. The molecule has 1 aromatic heterocycles. The van der Waals surface area contributed by atoms with E-state index in [0.717, 1.165) is 32.7 Å². The fourth-order valence-corrected chi connectivity index (χ4v) is 3.04. The van der Waals surface area contributed by atoms with Gasteiger partial charge in [-0.05, 0) is 18.4 Å². The first-order valence-electron chi connectivity index (χ1n) is 5.84. The molecule has 94 valence electrons. The molecule has 0 spiro atoms. The van der Waals surface area contributed by atoms with Crippen molar-refractivity contribution in [3.63, 3.8) is 0 Å². The number of rotatable bonds is 3. The van der Waals surface area contributed by atoms with Crippen molar-refractivity contribution in [1.29, 1.82) is 0 Å². The lowest BCUT2D eigenvalue weighted by Gasteiger charge is -2.35. The molecular weight excluding hydrogens is 300 g/mol. The first kappa shape index (κ1) is 13.1. The van der Waals surface area contributed by atoms with Crippen molar-refractivity contribution in [2.24, 2.45) is 0 Å². The first-order valence-corrected chi connectivity index (χ1v) is 7.64. The maximum Gasteiger partial charge on any atom is 0.236 e. The monoisotopic (exact) mass is 316 g/mol. The highest BCUT2D eigenvalue weighted by Gasteiger charge is 2.23. The fraction of sp³-hybridized carbons (Fsp3) is 0.583. The van der Waals surface area contributed by atoms with Crippen molar-refractivity contribution in [3.05, 3.63) is 22.4 Å². The Bertz CT molecular complexity index is 359. The molecule has 1 fully saturated rings. The highest BCUT2D eigenvalue weighted by Crippen LogP contribution is 2.14. The van der Waals surface area contributed by atoms with Crippen LogP contribution in [0.25, 0.3) is 0 Å². The van der Waals surface area contributed by atoms with Gasteiger partial charge in [-0.15, -0.1) is 11.3 Å². The van der Waals surface area contributed by atoms with Crippen LogP contribution in [-0.4, -0.2) is 46.7 Å². The maximum absolute atomic E-state index is 11.8. The smallest absolute Gasteiger partial charge is 0.236 e. The van der Waals surface area contributed by atoms with Crippen molar-refractivity contribution >= 4 is 33.2 Å². The molecule has 1 aliphatic heterocycles. The van der Waals surface area contributed by atoms with E-state index in [-0.39, 0.29) is 10.7 Å². The van der Waals surface area contributed by atoms with E-state index in [1.54, 1.807) is 11.3 Å². The molecule has 2 heterocycles. The van der Waals surface area contributed by atoms with Gasteiger partial charge < -0.3 is 4.90 Å². The van der Waals surface area contributed by atoms with Gasteiger partial charge in [0.1, 0.15) is 0 Å². The number of piperazine rings is 1. The third-order valence-electron chi connectivity index (χ3n) is 2.98. The zero-order chi connectivity index (χ0) is 12.3. The van der Waals surface area contributed by atoms with Gasteiger partial charge in [-0.1, -0.05) is 22.0 Å². The van der Waals surface area contributed by atoms with Crippen LogP contribution in [0.4, 0.5) is 0 Å². The summed E-state index contributed by atoms with van der Waals surface area (Å²) in [4.78, 5) is 17.5. The fourth-order valence-electron chi connectivity index (χ4n) is 2.00. The van der Waals surface area contributed by atoms with Crippen LogP contribution >= 0.6 is 27.3 Å². The second-order valence-corrected chi connectivity index (χ2v) is 6.70. The molecule has 2 rings (SSSR count). The van der Waals surface area contributed by atoms with Crippen LogP contribution in [0.15, 0.2) is 17.5 Å². The third kappa shape index (κ3) is 3.53. The zero-order valence-electron chi connectivity index (χ0n) is 9.93. The summed E-state index contributed by atoms with van der Waals surface area (Å²) in [5.41, 5.74) is 0. The molecule has 1 atom stereocenters. The van der Waals surface area contributed by atoms with Gasteiger partial charge in [-0.2, -0.15) is 0 Å². The standard InChI is InChI=1S/C12H17BrN2OS/c1-10(13)12(16)15-6-4-14(5-7-15)9-11-3-2-8-17-11/h2-3,8,10H,4-7,9H2,1H3. The van der Waals surface area contributed by atoms with Gasteiger partial charge in [-0.3, -0.25) is 9.69 Å². The largest absolute Gasteiger partial charge is 0.339 e. The van der Waals surface area contributed by atoms with Gasteiger partial charge in [-0.25, -0.2) is 0 Å². The normalized spacial score (nSPS) is 19.3. The van der Waals surface area contributed by atoms with E-state index in [1.807, 2.05) is 11.8 Å². The summed E-state index contributed by atoms with van der Waals surface area (Å²) in [6, 6.07) is 4.26. The van der Waals surface area contributed by atoms with Crippen molar-refractivity contribution in [1.82, 2.24) is 9.80 Å². The van der Waals surface area contributed by atoms with Crippen LogP contribution in [-0.2, 0) is 11.3 Å². The van der Waals surface area contributed by atoms with Crippen LogP contribution in [0.1, 0.15) is 11.8 Å².